The Hall–Kier alpha value is -1.84. The molecule has 2 heterocycles. The Morgan fingerprint density at radius 3 is 1.67 bits per heavy atom. The largest absolute Gasteiger partial charge is 0.332 e. The highest BCUT2D eigenvalue weighted by Crippen LogP contribution is 2.00. The molecule has 4 heteroatoms. The Morgan fingerprint density at radius 1 is 0.833 bits per heavy atom. The molecule has 0 saturated heterocycles. The molecule has 2 aromatic rings. The molecule has 0 spiro atoms. The van der Waals surface area contributed by atoms with Crippen molar-refractivity contribution in [3.8, 4) is 0 Å². The SMILES string of the molecule is O[n+]1cccc2c1ccc[n+]2O. The summed E-state index contributed by atoms with van der Waals surface area (Å²) in [6.45, 7) is 0. The van der Waals surface area contributed by atoms with Gasteiger partial charge in [0, 0.05) is 33.7 Å². The second-order valence-corrected chi connectivity index (χ2v) is 2.48. The van der Waals surface area contributed by atoms with Gasteiger partial charge in [-0.25, -0.2) is 0 Å². The maximum Gasteiger partial charge on any atom is 0.332 e. The molecule has 0 radical (unpaired) electrons. The highest BCUT2D eigenvalue weighted by atomic mass is 16.5. The van der Waals surface area contributed by atoms with Crippen molar-refractivity contribution in [3.63, 3.8) is 0 Å². The number of fused-ring (bicyclic) bond motifs is 1. The van der Waals surface area contributed by atoms with E-state index in [2.05, 4.69) is 0 Å². The van der Waals surface area contributed by atoms with Crippen LogP contribution >= 0.6 is 0 Å². The molecule has 60 valence electrons. The summed E-state index contributed by atoms with van der Waals surface area (Å²) >= 11 is 0. The molecule has 0 aromatic carbocycles. The third-order valence-electron chi connectivity index (χ3n) is 1.72. The van der Waals surface area contributed by atoms with Crippen LogP contribution in [0.4, 0.5) is 0 Å². The van der Waals surface area contributed by atoms with E-state index in [-0.39, 0.29) is 0 Å². The summed E-state index contributed by atoms with van der Waals surface area (Å²) in [7, 11) is 0. The molecule has 2 rings (SSSR count). The molecule has 0 aliphatic rings. The second kappa shape index (κ2) is 2.34. The predicted molar refractivity (Wildman–Crippen MR) is 38.7 cm³/mol. The van der Waals surface area contributed by atoms with Gasteiger partial charge in [-0.05, 0) is 0 Å². The second-order valence-electron chi connectivity index (χ2n) is 2.48. The summed E-state index contributed by atoms with van der Waals surface area (Å²) in [5.74, 6) is 0. The minimum atomic E-state index is 0.558. The van der Waals surface area contributed by atoms with Crippen LogP contribution in [0.25, 0.3) is 11.0 Å². The van der Waals surface area contributed by atoms with Crippen molar-refractivity contribution in [3.05, 3.63) is 36.7 Å². The van der Waals surface area contributed by atoms with E-state index >= 15 is 0 Å². The van der Waals surface area contributed by atoms with E-state index in [4.69, 9.17) is 0 Å². The van der Waals surface area contributed by atoms with Gasteiger partial charge >= 0.3 is 11.0 Å². The third kappa shape index (κ3) is 0.852. The molecule has 0 aliphatic carbocycles. The van der Waals surface area contributed by atoms with Crippen LogP contribution in [-0.4, -0.2) is 10.4 Å². The van der Waals surface area contributed by atoms with E-state index in [0.29, 0.717) is 11.0 Å². The van der Waals surface area contributed by atoms with Crippen LogP contribution in [0.1, 0.15) is 0 Å². The lowest BCUT2D eigenvalue weighted by molar-refractivity contribution is -0.901. The maximum absolute atomic E-state index is 9.29. The van der Waals surface area contributed by atoms with Crippen molar-refractivity contribution in [2.75, 3.05) is 0 Å². The van der Waals surface area contributed by atoms with Gasteiger partial charge in [0.25, 0.3) is 0 Å². The summed E-state index contributed by atoms with van der Waals surface area (Å²) in [5.41, 5.74) is 1.12. The summed E-state index contributed by atoms with van der Waals surface area (Å²) in [6.07, 6.45) is 3.00. The minimum absolute atomic E-state index is 0.558. The van der Waals surface area contributed by atoms with Crippen molar-refractivity contribution in [2.24, 2.45) is 0 Å². The number of pyridine rings is 2. The van der Waals surface area contributed by atoms with Crippen LogP contribution in [0.5, 0.6) is 0 Å². The van der Waals surface area contributed by atoms with E-state index < -0.39 is 0 Å². The van der Waals surface area contributed by atoms with E-state index in [1.165, 1.54) is 12.4 Å². The van der Waals surface area contributed by atoms with E-state index in [1.54, 1.807) is 24.3 Å². The first kappa shape index (κ1) is 6.84. The number of aromatic nitrogens is 2. The molecule has 0 unspecified atom stereocenters. The molecule has 4 nitrogen and oxygen atoms in total. The zero-order valence-corrected chi connectivity index (χ0v) is 6.25. The van der Waals surface area contributed by atoms with Gasteiger partial charge < -0.3 is 0 Å². The van der Waals surface area contributed by atoms with Gasteiger partial charge in [-0.3, -0.25) is 10.4 Å². The topological polar surface area (TPSA) is 48.2 Å². The molecule has 0 atom stereocenters. The van der Waals surface area contributed by atoms with E-state index in [1.807, 2.05) is 0 Å². The molecular weight excluding hydrogens is 156 g/mol. The average Bonchev–Trinajstić information content (AvgIpc) is 2.07. The standard InChI is InChI=1S/C8H8N2O2/c11-9-5-1-3-7-8(9)4-2-6-10(7)12/h1-6,11-12H/q+2. The van der Waals surface area contributed by atoms with Crippen LogP contribution < -0.4 is 9.46 Å². The summed E-state index contributed by atoms with van der Waals surface area (Å²) in [6, 6.07) is 6.72. The first-order valence-corrected chi connectivity index (χ1v) is 3.52. The van der Waals surface area contributed by atoms with E-state index in [0.717, 1.165) is 9.46 Å². The lowest BCUT2D eigenvalue weighted by Crippen LogP contribution is -2.37. The number of nitrogens with zero attached hydrogens (tertiary/aromatic N) is 2. The molecule has 0 amide bonds. The van der Waals surface area contributed by atoms with Crippen molar-refractivity contribution in [1.82, 2.24) is 0 Å². The summed E-state index contributed by atoms with van der Waals surface area (Å²) in [5, 5.41) is 18.6. The molecular formula is C8H8N2O2+2. The van der Waals surface area contributed by atoms with Gasteiger partial charge in [0.2, 0.25) is 12.4 Å². The normalized spacial score (nSPS) is 10.3. The molecule has 0 saturated carbocycles. The number of hydrogen-bond donors (Lipinski definition) is 2. The summed E-state index contributed by atoms with van der Waals surface area (Å²) < 4.78 is 1.92. The Balaban J connectivity index is 2.94. The molecule has 2 N–H and O–H groups in total. The van der Waals surface area contributed by atoms with Crippen LogP contribution in [0.3, 0.4) is 0 Å². The molecule has 0 aliphatic heterocycles. The van der Waals surface area contributed by atoms with Crippen LogP contribution in [0.15, 0.2) is 36.7 Å². The van der Waals surface area contributed by atoms with Crippen LogP contribution in [0.2, 0.25) is 0 Å². The first-order valence-electron chi connectivity index (χ1n) is 3.52. The fraction of sp³-hybridized carbons (Fsp3) is 0. The predicted octanol–water partition coefficient (Wildman–Crippen LogP) is -0.111. The summed E-state index contributed by atoms with van der Waals surface area (Å²) in [4.78, 5) is 0. The number of hydrogen-bond acceptors (Lipinski definition) is 2. The Bertz CT molecular complexity index is 387. The third-order valence-corrected chi connectivity index (χ3v) is 1.72. The van der Waals surface area contributed by atoms with Crippen molar-refractivity contribution >= 4 is 11.0 Å². The average molecular weight is 164 g/mol. The smallest absolute Gasteiger partial charge is 0.284 e. The quantitative estimate of drug-likeness (QED) is 0.421. The first-order chi connectivity index (χ1) is 5.79. The monoisotopic (exact) mass is 164 g/mol. The highest BCUT2D eigenvalue weighted by molar-refractivity contribution is 5.65. The molecule has 12 heavy (non-hydrogen) atoms. The molecule has 0 bridgehead atoms. The lowest BCUT2D eigenvalue weighted by atomic mass is 10.3. The van der Waals surface area contributed by atoms with Crippen molar-refractivity contribution < 1.29 is 19.9 Å². The van der Waals surface area contributed by atoms with Gasteiger partial charge in [0.1, 0.15) is 0 Å². The van der Waals surface area contributed by atoms with Crippen molar-refractivity contribution in [1.29, 1.82) is 0 Å². The maximum atomic E-state index is 9.29. The zero-order chi connectivity index (χ0) is 8.55. The van der Waals surface area contributed by atoms with Gasteiger partial charge in [-0.15, -0.1) is 0 Å². The van der Waals surface area contributed by atoms with Crippen molar-refractivity contribution in [2.45, 2.75) is 0 Å². The highest BCUT2D eigenvalue weighted by Gasteiger charge is 2.15. The lowest BCUT2D eigenvalue weighted by Gasteiger charge is -1.88. The Kier molecular flexibility index (Phi) is 1.33. The van der Waals surface area contributed by atoms with Gasteiger partial charge in [0.15, 0.2) is 0 Å². The fourth-order valence-corrected chi connectivity index (χ4v) is 1.15. The Morgan fingerprint density at radius 2 is 1.25 bits per heavy atom. The van der Waals surface area contributed by atoms with Gasteiger partial charge in [-0.1, -0.05) is 0 Å². The fourth-order valence-electron chi connectivity index (χ4n) is 1.15. The van der Waals surface area contributed by atoms with Crippen LogP contribution in [-0.2, 0) is 0 Å². The molecule has 0 fully saturated rings. The number of rotatable bonds is 0. The minimum Gasteiger partial charge on any atom is -0.284 e. The zero-order valence-electron chi connectivity index (χ0n) is 6.25. The Labute approximate surface area is 68.5 Å². The van der Waals surface area contributed by atoms with Gasteiger partial charge in [-0.2, -0.15) is 0 Å². The van der Waals surface area contributed by atoms with Gasteiger partial charge in [0.05, 0.1) is 0 Å². The van der Waals surface area contributed by atoms with Crippen LogP contribution in [0, 0.1) is 0 Å². The van der Waals surface area contributed by atoms with E-state index in [9.17, 15) is 10.4 Å². The molecule has 2 aromatic heterocycles.